The minimum atomic E-state index is -0.269. The molecule has 30 heavy (non-hydrogen) atoms. The van der Waals surface area contributed by atoms with Crippen molar-refractivity contribution < 1.29 is 9.18 Å². The van der Waals surface area contributed by atoms with Gasteiger partial charge in [0.15, 0.2) is 0 Å². The topological polar surface area (TPSA) is 71.2 Å². The van der Waals surface area contributed by atoms with Crippen molar-refractivity contribution in [3.8, 4) is 0 Å². The monoisotopic (exact) mass is 406 g/mol. The Morgan fingerprint density at radius 1 is 1.23 bits per heavy atom. The largest absolute Gasteiger partial charge is 0.380 e. The fourth-order valence-corrected chi connectivity index (χ4v) is 4.20. The van der Waals surface area contributed by atoms with Crippen LogP contribution in [0.2, 0.25) is 0 Å². The number of piperidine rings is 1. The summed E-state index contributed by atoms with van der Waals surface area (Å²) in [6, 6.07) is 15.0. The van der Waals surface area contributed by atoms with Gasteiger partial charge in [-0.25, -0.2) is 4.39 Å². The molecule has 1 aliphatic rings. The number of anilines is 1. The number of benzene rings is 2. The summed E-state index contributed by atoms with van der Waals surface area (Å²) in [6.07, 6.45) is 1.88. The lowest BCUT2D eigenvalue weighted by Crippen LogP contribution is -2.40. The molecule has 4 rings (SSSR count). The number of primary amides is 1. The Bertz CT molecular complexity index is 1070. The second-order valence-electron chi connectivity index (χ2n) is 8.12. The number of nitrogens with two attached hydrogens (primary N) is 1. The first-order valence-corrected chi connectivity index (χ1v) is 10.4. The molecule has 2 aromatic carbocycles. The van der Waals surface area contributed by atoms with Crippen molar-refractivity contribution in [2.45, 2.75) is 32.9 Å². The van der Waals surface area contributed by atoms with Crippen LogP contribution >= 0.6 is 0 Å². The number of halogens is 1. The van der Waals surface area contributed by atoms with Crippen LogP contribution in [-0.2, 0) is 17.9 Å². The molecule has 1 unspecified atom stereocenters. The first kappa shape index (κ1) is 20.3. The van der Waals surface area contributed by atoms with E-state index in [1.54, 1.807) is 6.07 Å². The fraction of sp³-hybridized carbons (Fsp3) is 0.333. The van der Waals surface area contributed by atoms with E-state index in [4.69, 9.17) is 5.73 Å². The normalized spacial score (nSPS) is 17.2. The Morgan fingerprint density at radius 3 is 2.90 bits per heavy atom. The number of pyridine rings is 1. The number of carbonyl (C=O) groups is 1. The summed E-state index contributed by atoms with van der Waals surface area (Å²) in [5, 5.41) is 4.22. The highest BCUT2D eigenvalue weighted by Crippen LogP contribution is 2.25. The molecule has 0 spiro atoms. The average Bonchev–Trinajstić information content (AvgIpc) is 2.73. The Balaban J connectivity index is 1.46. The molecule has 1 amide bonds. The van der Waals surface area contributed by atoms with Crippen LogP contribution in [0.4, 0.5) is 10.1 Å². The third-order valence-electron chi connectivity index (χ3n) is 5.69. The number of nitrogens with zero attached hydrogens (tertiary/aromatic N) is 2. The molecule has 0 bridgehead atoms. The Kier molecular flexibility index (Phi) is 5.95. The van der Waals surface area contributed by atoms with E-state index in [2.05, 4.69) is 39.5 Å². The van der Waals surface area contributed by atoms with Crippen LogP contribution < -0.4 is 11.1 Å². The van der Waals surface area contributed by atoms with Crippen molar-refractivity contribution in [3.63, 3.8) is 0 Å². The smallest absolute Gasteiger partial charge is 0.221 e. The van der Waals surface area contributed by atoms with Crippen LogP contribution in [-0.4, -0.2) is 28.9 Å². The second kappa shape index (κ2) is 8.79. The molecule has 3 aromatic rings. The van der Waals surface area contributed by atoms with E-state index in [-0.39, 0.29) is 17.6 Å². The van der Waals surface area contributed by atoms with E-state index in [0.29, 0.717) is 6.54 Å². The minimum Gasteiger partial charge on any atom is -0.380 e. The summed E-state index contributed by atoms with van der Waals surface area (Å²) in [7, 11) is 0. The van der Waals surface area contributed by atoms with Crippen molar-refractivity contribution in [1.82, 2.24) is 9.88 Å². The van der Waals surface area contributed by atoms with Crippen LogP contribution in [0.3, 0.4) is 0 Å². The predicted molar refractivity (Wildman–Crippen MR) is 117 cm³/mol. The highest BCUT2D eigenvalue weighted by atomic mass is 19.1. The predicted octanol–water partition coefficient (Wildman–Crippen LogP) is 3.99. The first-order chi connectivity index (χ1) is 14.5. The number of likely N-dealkylation sites (tertiary alicyclic amines) is 1. The molecule has 156 valence electrons. The van der Waals surface area contributed by atoms with Crippen molar-refractivity contribution in [2.75, 3.05) is 18.4 Å². The maximum atomic E-state index is 13.7. The molecule has 3 N–H and O–H groups in total. The second-order valence-corrected chi connectivity index (χ2v) is 8.12. The van der Waals surface area contributed by atoms with E-state index in [1.165, 1.54) is 17.7 Å². The maximum absolute atomic E-state index is 13.7. The van der Waals surface area contributed by atoms with Crippen LogP contribution in [0.5, 0.6) is 0 Å². The molecule has 1 aromatic heterocycles. The number of aromatic nitrogens is 1. The number of fused-ring (bicyclic) bond motifs is 1. The van der Waals surface area contributed by atoms with Gasteiger partial charge in [0.25, 0.3) is 0 Å². The Hall–Kier alpha value is -2.99. The number of aryl methyl sites for hydroxylation is 1. The molecule has 0 aliphatic carbocycles. The molecule has 1 aliphatic heterocycles. The first-order valence-electron chi connectivity index (χ1n) is 10.4. The molecule has 1 saturated heterocycles. The summed E-state index contributed by atoms with van der Waals surface area (Å²) < 4.78 is 13.7. The van der Waals surface area contributed by atoms with Gasteiger partial charge in [0.2, 0.25) is 5.91 Å². The third-order valence-corrected chi connectivity index (χ3v) is 5.69. The van der Waals surface area contributed by atoms with Crippen LogP contribution in [0.15, 0.2) is 48.5 Å². The molecule has 2 heterocycles. The Morgan fingerprint density at radius 2 is 2.07 bits per heavy atom. The fourth-order valence-electron chi connectivity index (χ4n) is 4.20. The number of amides is 1. The molecular formula is C24H27FN4O. The third kappa shape index (κ3) is 4.76. The lowest BCUT2D eigenvalue weighted by molar-refractivity contribution is -0.123. The number of hydrogen-bond donors (Lipinski definition) is 2. The van der Waals surface area contributed by atoms with Crippen molar-refractivity contribution >= 4 is 22.5 Å². The van der Waals surface area contributed by atoms with Gasteiger partial charge in [0.1, 0.15) is 5.82 Å². The SMILES string of the molecule is Cc1cc(NCc2cccc(CN3CCCC(C(N)=O)C3)c2)c2cc(F)ccc2n1. The zero-order valence-electron chi connectivity index (χ0n) is 17.2. The van der Waals surface area contributed by atoms with Gasteiger partial charge in [-0.2, -0.15) is 0 Å². The average molecular weight is 407 g/mol. The maximum Gasteiger partial charge on any atom is 0.221 e. The van der Waals surface area contributed by atoms with Gasteiger partial charge in [0.05, 0.1) is 11.4 Å². The van der Waals surface area contributed by atoms with Gasteiger partial charge < -0.3 is 11.1 Å². The van der Waals surface area contributed by atoms with Crippen molar-refractivity contribution in [3.05, 3.63) is 71.2 Å². The summed E-state index contributed by atoms with van der Waals surface area (Å²) >= 11 is 0. The molecule has 5 nitrogen and oxygen atoms in total. The highest BCUT2D eigenvalue weighted by Gasteiger charge is 2.23. The molecular weight excluding hydrogens is 379 g/mol. The van der Waals surface area contributed by atoms with Gasteiger partial charge in [-0.15, -0.1) is 0 Å². The number of rotatable bonds is 6. The number of carbonyl (C=O) groups excluding carboxylic acids is 1. The molecule has 0 saturated carbocycles. The quantitative estimate of drug-likeness (QED) is 0.649. The van der Waals surface area contributed by atoms with Gasteiger partial charge in [-0.3, -0.25) is 14.7 Å². The lowest BCUT2D eigenvalue weighted by atomic mass is 9.97. The number of hydrogen-bond acceptors (Lipinski definition) is 4. The van der Waals surface area contributed by atoms with Crippen LogP contribution in [0.1, 0.15) is 29.7 Å². The zero-order chi connectivity index (χ0) is 21.1. The highest BCUT2D eigenvalue weighted by molar-refractivity contribution is 5.91. The van der Waals surface area contributed by atoms with E-state index in [1.807, 2.05) is 13.0 Å². The van der Waals surface area contributed by atoms with E-state index in [9.17, 15) is 9.18 Å². The molecule has 6 heteroatoms. The van der Waals surface area contributed by atoms with E-state index < -0.39 is 0 Å². The van der Waals surface area contributed by atoms with Crippen LogP contribution in [0, 0.1) is 18.7 Å². The summed E-state index contributed by atoms with van der Waals surface area (Å²) in [6.45, 7) is 5.09. The van der Waals surface area contributed by atoms with Gasteiger partial charge in [-0.1, -0.05) is 24.3 Å². The van der Waals surface area contributed by atoms with E-state index in [0.717, 1.165) is 60.3 Å². The lowest BCUT2D eigenvalue weighted by Gasteiger charge is -2.31. The summed E-state index contributed by atoms with van der Waals surface area (Å²) in [5.74, 6) is -0.518. The Labute approximate surface area is 176 Å². The standard InChI is InChI=1S/C24H27FN4O/c1-16-10-23(21-12-20(25)7-8-22(21)28-16)27-13-17-4-2-5-18(11-17)14-29-9-3-6-19(15-29)24(26)30/h2,4-5,7-8,10-12,19H,3,6,9,13-15H2,1H3,(H2,26,30)(H,27,28). The van der Waals surface area contributed by atoms with Crippen molar-refractivity contribution in [1.29, 1.82) is 0 Å². The minimum absolute atomic E-state index is 0.0489. The van der Waals surface area contributed by atoms with Crippen molar-refractivity contribution in [2.24, 2.45) is 11.7 Å². The molecule has 0 radical (unpaired) electrons. The van der Waals surface area contributed by atoms with E-state index >= 15 is 0 Å². The van der Waals surface area contributed by atoms with Gasteiger partial charge in [0, 0.05) is 36.4 Å². The molecule has 1 atom stereocenters. The van der Waals surface area contributed by atoms with Gasteiger partial charge in [-0.05, 0) is 61.7 Å². The van der Waals surface area contributed by atoms with Crippen LogP contribution in [0.25, 0.3) is 10.9 Å². The summed E-state index contributed by atoms with van der Waals surface area (Å²) in [4.78, 5) is 18.3. The zero-order valence-corrected chi connectivity index (χ0v) is 17.2. The summed E-state index contributed by atoms with van der Waals surface area (Å²) in [5.41, 5.74) is 10.4. The molecule has 1 fully saturated rings. The number of nitrogens with one attached hydrogen (secondary N) is 1. The van der Waals surface area contributed by atoms with Gasteiger partial charge >= 0.3 is 0 Å².